The molecule has 0 bridgehead atoms. The van der Waals surface area contributed by atoms with Gasteiger partial charge in [-0.3, -0.25) is 4.79 Å². The normalized spacial score (nSPS) is 27.1. The second-order valence-electron chi connectivity index (χ2n) is 4.99. The zero-order valence-electron chi connectivity index (χ0n) is 9.99. The van der Waals surface area contributed by atoms with E-state index in [4.69, 9.17) is 4.74 Å². The van der Waals surface area contributed by atoms with Gasteiger partial charge in [-0.15, -0.1) is 11.8 Å². The van der Waals surface area contributed by atoms with Gasteiger partial charge in [0.1, 0.15) is 0 Å². The average molecular weight is 248 g/mol. The number of hydrogen-bond acceptors (Lipinski definition) is 3. The van der Waals surface area contributed by atoms with Gasteiger partial charge < -0.3 is 4.74 Å². The standard InChI is InChI=1S/C14H16O2S/c1-14(5-2-6-17-14)13(15)10-3-4-11-8-16-9-12(11)7-10/h3-4,7H,2,5-6,8-9H2,1H3. The third-order valence-electron chi connectivity index (χ3n) is 3.68. The number of rotatable bonds is 2. The SMILES string of the molecule is CC1(C(=O)c2ccc3c(c2)COC3)CCCS1. The van der Waals surface area contributed by atoms with Crippen LogP contribution in [0.4, 0.5) is 0 Å². The van der Waals surface area contributed by atoms with Crippen molar-refractivity contribution < 1.29 is 9.53 Å². The van der Waals surface area contributed by atoms with Crippen LogP contribution in [0.2, 0.25) is 0 Å². The van der Waals surface area contributed by atoms with Gasteiger partial charge in [0, 0.05) is 5.56 Å². The number of hydrogen-bond donors (Lipinski definition) is 0. The quantitative estimate of drug-likeness (QED) is 0.752. The molecule has 0 N–H and O–H groups in total. The zero-order chi connectivity index (χ0) is 11.9. The Bertz CT molecular complexity index is 461. The number of thioether (sulfide) groups is 1. The van der Waals surface area contributed by atoms with E-state index in [1.807, 2.05) is 18.2 Å². The lowest BCUT2D eigenvalue weighted by Crippen LogP contribution is -2.28. The molecule has 0 aromatic heterocycles. The predicted octanol–water partition coefficient (Wildman–Crippen LogP) is 3.19. The molecule has 3 rings (SSSR count). The first-order valence-electron chi connectivity index (χ1n) is 6.07. The molecule has 90 valence electrons. The van der Waals surface area contributed by atoms with Gasteiger partial charge >= 0.3 is 0 Å². The molecule has 2 aliphatic heterocycles. The van der Waals surface area contributed by atoms with E-state index in [-0.39, 0.29) is 10.5 Å². The number of carbonyl (C=O) groups excluding carboxylic acids is 1. The van der Waals surface area contributed by atoms with Crippen LogP contribution in [0, 0.1) is 0 Å². The summed E-state index contributed by atoms with van der Waals surface area (Å²) in [5.74, 6) is 1.39. The molecule has 1 saturated heterocycles. The minimum absolute atomic E-state index is 0.201. The van der Waals surface area contributed by atoms with Crippen molar-refractivity contribution in [3.63, 3.8) is 0 Å². The predicted molar refractivity (Wildman–Crippen MR) is 69.4 cm³/mol. The Balaban J connectivity index is 1.91. The van der Waals surface area contributed by atoms with Gasteiger partial charge in [0.25, 0.3) is 0 Å². The van der Waals surface area contributed by atoms with Gasteiger partial charge in [-0.25, -0.2) is 0 Å². The Hall–Kier alpha value is -0.800. The van der Waals surface area contributed by atoms with E-state index in [1.54, 1.807) is 11.8 Å². The summed E-state index contributed by atoms with van der Waals surface area (Å²) in [5.41, 5.74) is 3.26. The number of Topliss-reactive ketones (excluding diaryl/α,β-unsaturated/α-hetero) is 1. The van der Waals surface area contributed by atoms with Crippen LogP contribution in [-0.4, -0.2) is 16.3 Å². The van der Waals surface area contributed by atoms with Gasteiger partial charge in [0.05, 0.1) is 18.0 Å². The highest BCUT2D eigenvalue weighted by Gasteiger charge is 2.37. The van der Waals surface area contributed by atoms with Gasteiger partial charge in [-0.05, 0) is 42.7 Å². The lowest BCUT2D eigenvalue weighted by atomic mass is 9.93. The van der Waals surface area contributed by atoms with Crippen molar-refractivity contribution >= 4 is 17.5 Å². The molecule has 1 fully saturated rings. The van der Waals surface area contributed by atoms with Crippen LogP contribution in [0.1, 0.15) is 41.3 Å². The topological polar surface area (TPSA) is 26.3 Å². The number of ketones is 1. The van der Waals surface area contributed by atoms with E-state index in [0.717, 1.165) is 24.2 Å². The molecule has 0 radical (unpaired) electrons. The Morgan fingerprint density at radius 3 is 2.94 bits per heavy atom. The second kappa shape index (κ2) is 4.14. The molecule has 0 aliphatic carbocycles. The van der Waals surface area contributed by atoms with Crippen molar-refractivity contribution in [3.05, 3.63) is 34.9 Å². The van der Waals surface area contributed by atoms with Gasteiger partial charge in [-0.1, -0.05) is 12.1 Å². The molecular weight excluding hydrogens is 232 g/mol. The van der Waals surface area contributed by atoms with Crippen LogP contribution in [0.15, 0.2) is 18.2 Å². The third-order valence-corrected chi connectivity index (χ3v) is 5.20. The van der Waals surface area contributed by atoms with Crippen molar-refractivity contribution in [2.45, 2.75) is 37.7 Å². The molecule has 3 heteroatoms. The monoisotopic (exact) mass is 248 g/mol. The van der Waals surface area contributed by atoms with E-state index in [1.165, 1.54) is 11.1 Å². The van der Waals surface area contributed by atoms with Crippen molar-refractivity contribution in [3.8, 4) is 0 Å². The highest BCUT2D eigenvalue weighted by atomic mass is 32.2. The van der Waals surface area contributed by atoms with Crippen molar-refractivity contribution in [1.82, 2.24) is 0 Å². The minimum atomic E-state index is -0.201. The first-order valence-corrected chi connectivity index (χ1v) is 7.06. The van der Waals surface area contributed by atoms with Gasteiger partial charge in [-0.2, -0.15) is 0 Å². The smallest absolute Gasteiger partial charge is 0.178 e. The third kappa shape index (κ3) is 1.91. The summed E-state index contributed by atoms with van der Waals surface area (Å²) in [7, 11) is 0. The van der Waals surface area contributed by atoms with Crippen LogP contribution in [-0.2, 0) is 18.0 Å². The van der Waals surface area contributed by atoms with Crippen molar-refractivity contribution in [1.29, 1.82) is 0 Å². The first-order chi connectivity index (χ1) is 8.19. The highest BCUT2D eigenvalue weighted by Crippen LogP contribution is 2.40. The number of benzene rings is 1. The summed E-state index contributed by atoms with van der Waals surface area (Å²) < 4.78 is 5.18. The molecule has 2 aliphatic rings. The van der Waals surface area contributed by atoms with E-state index >= 15 is 0 Å². The Kier molecular flexibility index (Phi) is 2.75. The maximum absolute atomic E-state index is 12.5. The number of ether oxygens (including phenoxy) is 1. The molecule has 2 heterocycles. The Morgan fingerprint density at radius 2 is 2.18 bits per heavy atom. The van der Waals surface area contributed by atoms with E-state index < -0.39 is 0 Å². The van der Waals surface area contributed by atoms with E-state index in [2.05, 4.69) is 6.92 Å². The van der Waals surface area contributed by atoms with E-state index in [0.29, 0.717) is 13.2 Å². The summed E-state index contributed by atoms with van der Waals surface area (Å²) >= 11 is 1.80. The largest absolute Gasteiger partial charge is 0.372 e. The van der Waals surface area contributed by atoms with Crippen LogP contribution in [0.3, 0.4) is 0 Å². The van der Waals surface area contributed by atoms with Crippen LogP contribution in [0.5, 0.6) is 0 Å². The summed E-state index contributed by atoms with van der Waals surface area (Å²) in [6.45, 7) is 3.42. The van der Waals surface area contributed by atoms with Gasteiger partial charge in [0.2, 0.25) is 0 Å². The van der Waals surface area contributed by atoms with E-state index in [9.17, 15) is 4.79 Å². The number of carbonyl (C=O) groups is 1. The van der Waals surface area contributed by atoms with Crippen LogP contribution >= 0.6 is 11.8 Å². The highest BCUT2D eigenvalue weighted by molar-refractivity contribution is 8.01. The summed E-state index contributed by atoms with van der Waals surface area (Å²) in [4.78, 5) is 12.5. The average Bonchev–Trinajstić information content (AvgIpc) is 2.96. The molecule has 1 aromatic rings. The van der Waals surface area contributed by atoms with Crippen molar-refractivity contribution in [2.75, 3.05) is 5.75 Å². The summed E-state index contributed by atoms with van der Waals surface area (Å²) in [6.07, 6.45) is 2.16. The molecule has 1 unspecified atom stereocenters. The Labute approximate surface area is 106 Å². The molecule has 0 saturated carbocycles. The molecule has 0 spiro atoms. The number of fused-ring (bicyclic) bond motifs is 1. The lowest BCUT2D eigenvalue weighted by Gasteiger charge is -2.21. The maximum Gasteiger partial charge on any atom is 0.178 e. The summed E-state index contributed by atoms with van der Waals surface area (Å²) in [6, 6.07) is 6.02. The zero-order valence-corrected chi connectivity index (χ0v) is 10.8. The van der Waals surface area contributed by atoms with Crippen LogP contribution in [0.25, 0.3) is 0 Å². The fraction of sp³-hybridized carbons (Fsp3) is 0.500. The van der Waals surface area contributed by atoms with Crippen LogP contribution < -0.4 is 0 Å². The Morgan fingerprint density at radius 1 is 1.35 bits per heavy atom. The lowest BCUT2D eigenvalue weighted by molar-refractivity contribution is 0.0949. The molecule has 17 heavy (non-hydrogen) atoms. The fourth-order valence-corrected chi connectivity index (χ4v) is 3.85. The van der Waals surface area contributed by atoms with Crippen molar-refractivity contribution in [2.24, 2.45) is 0 Å². The molecule has 2 nitrogen and oxygen atoms in total. The minimum Gasteiger partial charge on any atom is -0.372 e. The molecule has 1 aromatic carbocycles. The van der Waals surface area contributed by atoms with Gasteiger partial charge in [0.15, 0.2) is 5.78 Å². The fourth-order valence-electron chi connectivity index (χ4n) is 2.58. The maximum atomic E-state index is 12.5. The molecule has 0 amide bonds. The molecule has 1 atom stereocenters. The second-order valence-corrected chi connectivity index (χ2v) is 6.59. The summed E-state index contributed by atoms with van der Waals surface area (Å²) in [5, 5.41) is 0. The molecular formula is C14H16O2S. The first kappa shape index (κ1) is 11.3.